The summed E-state index contributed by atoms with van der Waals surface area (Å²) in [5, 5.41) is 9.70. The smallest absolute Gasteiger partial charge is 0.281 e. The van der Waals surface area contributed by atoms with Crippen LogP contribution in [0.15, 0.2) is 18.2 Å². The summed E-state index contributed by atoms with van der Waals surface area (Å²) < 4.78 is 26.8. The van der Waals surface area contributed by atoms with Crippen LogP contribution in [0.25, 0.3) is 0 Å². The SMILES string of the molecule is CN(C)S(=O)(=O)N(CCCO)Cc1ccc(Cl)c(Cl)c1. The van der Waals surface area contributed by atoms with Gasteiger partial charge in [-0.15, -0.1) is 0 Å². The quantitative estimate of drug-likeness (QED) is 0.825. The second kappa shape index (κ2) is 7.59. The van der Waals surface area contributed by atoms with Gasteiger partial charge in [0.05, 0.1) is 10.0 Å². The van der Waals surface area contributed by atoms with E-state index >= 15 is 0 Å². The zero-order valence-electron chi connectivity index (χ0n) is 11.4. The molecule has 0 heterocycles. The normalized spacial score (nSPS) is 12.3. The summed E-state index contributed by atoms with van der Waals surface area (Å²) in [4.78, 5) is 0. The van der Waals surface area contributed by atoms with Crippen molar-refractivity contribution in [1.82, 2.24) is 8.61 Å². The Balaban J connectivity index is 2.97. The molecule has 114 valence electrons. The minimum atomic E-state index is -3.55. The van der Waals surface area contributed by atoms with Crippen molar-refractivity contribution >= 4 is 33.4 Å². The van der Waals surface area contributed by atoms with Crippen LogP contribution < -0.4 is 0 Å². The van der Waals surface area contributed by atoms with Crippen molar-refractivity contribution in [3.63, 3.8) is 0 Å². The Labute approximate surface area is 129 Å². The molecule has 20 heavy (non-hydrogen) atoms. The van der Waals surface area contributed by atoms with Gasteiger partial charge in [0.2, 0.25) is 0 Å². The molecule has 0 spiro atoms. The zero-order valence-corrected chi connectivity index (χ0v) is 13.7. The summed E-state index contributed by atoms with van der Waals surface area (Å²) in [6.45, 7) is 0.343. The first-order valence-electron chi connectivity index (χ1n) is 6.01. The fourth-order valence-electron chi connectivity index (χ4n) is 1.60. The van der Waals surface area contributed by atoms with Crippen molar-refractivity contribution in [1.29, 1.82) is 0 Å². The molecule has 0 aromatic heterocycles. The van der Waals surface area contributed by atoms with Crippen LogP contribution in [-0.2, 0) is 16.8 Å². The highest BCUT2D eigenvalue weighted by Gasteiger charge is 2.24. The molecule has 0 unspecified atom stereocenters. The van der Waals surface area contributed by atoms with E-state index in [-0.39, 0.29) is 19.7 Å². The van der Waals surface area contributed by atoms with Crippen LogP contribution in [0, 0.1) is 0 Å². The number of halogens is 2. The van der Waals surface area contributed by atoms with Crippen molar-refractivity contribution in [3.8, 4) is 0 Å². The molecule has 1 rings (SSSR count). The number of aliphatic hydroxyl groups excluding tert-OH is 1. The molecule has 0 radical (unpaired) electrons. The van der Waals surface area contributed by atoms with Gasteiger partial charge in [0, 0.05) is 33.8 Å². The zero-order chi connectivity index (χ0) is 15.3. The van der Waals surface area contributed by atoms with E-state index < -0.39 is 10.2 Å². The number of hydrogen-bond acceptors (Lipinski definition) is 3. The molecular weight excluding hydrogens is 323 g/mol. The minimum absolute atomic E-state index is 0.0686. The molecule has 1 N–H and O–H groups in total. The Morgan fingerprint density at radius 3 is 2.35 bits per heavy atom. The Bertz CT molecular complexity index is 550. The standard InChI is InChI=1S/C12H18Cl2N2O3S/c1-15(2)20(18,19)16(6-3-7-17)9-10-4-5-11(13)12(14)8-10/h4-5,8,17H,3,6-7,9H2,1-2H3. The summed E-state index contributed by atoms with van der Waals surface area (Å²) in [7, 11) is -0.616. The maximum Gasteiger partial charge on any atom is 0.281 e. The van der Waals surface area contributed by atoms with Gasteiger partial charge >= 0.3 is 0 Å². The molecule has 0 aliphatic heterocycles. The summed E-state index contributed by atoms with van der Waals surface area (Å²) in [5.74, 6) is 0. The van der Waals surface area contributed by atoms with Crippen LogP contribution in [0.3, 0.4) is 0 Å². The van der Waals surface area contributed by atoms with E-state index in [4.69, 9.17) is 28.3 Å². The minimum Gasteiger partial charge on any atom is -0.396 e. The number of aliphatic hydroxyl groups is 1. The fourth-order valence-corrected chi connectivity index (χ4v) is 3.05. The van der Waals surface area contributed by atoms with Gasteiger partial charge in [-0.05, 0) is 24.1 Å². The predicted octanol–water partition coefficient (Wildman–Crippen LogP) is 1.98. The van der Waals surface area contributed by atoms with Crippen molar-refractivity contribution < 1.29 is 13.5 Å². The molecule has 8 heteroatoms. The van der Waals surface area contributed by atoms with Gasteiger partial charge in [0.15, 0.2) is 0 Å². The lowest BCUT2D eigenvalue weighted by atomic mass is 10.2. The number of rotatable bonds is 7. The number of hydrogen-bond donors (Lipinski definition) is 1. The van der Waals surface area contributed by atoms with Gasteiger partial charge < -0.3 is 5.11 Å². The summed E-state index contributed by atoms with van der Waals surface area (Å²) in [6, 6.07) is 5.00. The predicted molar refractivity (Wildman–Crippen MR) is 81.2 cm³/mol. The van der Waals surface area contributed by atoms with Crippen LogP contribution >= 0.6 is 23.2 Å². The van der Waals surface area contributed by atoms with E-state index in [0.29, 0.717) is 16.5 Å². The van der Waals surface area contributed by atoms with E-state index in [1.165, 1.54) is 18.4 Å². The maximum absolute atomic E-state index is 12.2. The highest BCUT2D eigenvalue weighted by Crippen LogP contribution is 2.24. The molecule has 0 aliphatic carbocycles. The fraction of sp³-hybridized carbons (Fsp3) is 0.500. The third kappa shape index (κ3) is 4.58. The Morgan fingerprint density at radius 1 is 1.20 bits per heavy atom. The monoisotopic (exact) mass is 340 g/mol. The second-order valence-corrected chi connectivity index (χ2v) is 7.41. The first-order valence-corrected chi connectivity index (χ1v) is 8.16. The lowest BCUT2D eigenvalue weighted by Crippen LogP contribution is -2.40. The first-order chi connectivity index (χ1) is 9.28. The molecule has 0 aliphatic rings. The van der Waals surface area contributed by atoms with E-state index in [0.717, 1.165) is 9.87 Å². The lowest BCUT2D eigenvalue weighted by Gasteiger charge is -2.25. The summed E-state index contributed by atoms with van der Waals surface area (Å²) >= 11 is 11.8. The Hall–Kier alpha value is -0.370. The van der Waals surface area contributed by atoms with Gasteiger partial charge in [-0.25, -0.2) is 0 Å². The van der Waals surface area contributed by atoms with Crippen molar-refractivity contribution in [2.24, 2.45) is 0 Å². The van der Waals surface area contributed by atoms with Gasteiger partial charge in [0.1, 0.15) is 0 Å². The van der Waals surface area contributed by atoms with Crippen LogP contribution in [-0.4, -0.2) is 49.4 Å². The molecule has 1 aromatic rings. The summed E-state index contributed by atoms with van der Waals surface area (Å²) in [5.41, 5.74) is 0.739. The third-order valence-corrected chi connectivity index (χ3v) is 5.32. The van der Waals surface area contributed by atoms with Crippen LogP contribution in [0.4, 0.5) is 0 Å². The van der Waals surface area contributed by atoms with Crippen molar-refractivity contribution in [2.75, 3.05) is 27.2 Å². The molecule has 0 bridgehead atoms. The van der Waals surface area contributed by atoms with E-state index in [9.17, 15) is 8.42 Å². The molecule has 0 saturated heterocycles. The molecule has 1 aromatic carbocycles. The number of nitrogens with zero attached hydrogens (tertiary/aromatic N) is 2. The lowest BCUT2D eigenvalue weighted by molar-refractivity contribution is 0.264. The second-order valence-electron chi connectivity index (χ2n) is 4.45. The van der Waals surface area contributed by atoms with Gasteiger partial charge in [-0.3, -0.25) is 0 Å². The van der Waals surface area contributed by atoms with E-state index in [1.54, 1.807) is 18.2 Å². The molecule has 0 saturated carbocycles. The maximum atomic E-state index is 12.2. The average Bonchev–Trinajstić information content (AvgIpc) is 2.38. The van der Waals surface area contributed by atoms with Gasteiger partial charge in [-0.1, -0.05) is 29.3 Å². The average molecular weight is 341 g/mol. The van der Waals surface area contributed by atoms with Crippen molar-refractivity contribution in [2.45, 2.75) is 13.0 Å². The molecule has 0 atom stereocenters. The molecule has 0 amide bonds. The van der Waals surface area contributed by atoms with Gasteiger partial charge in [-0.2, -0.15) is 17.0 Å². The Morgan fingerprint density at radius 2 is 1.85 bits per heavy atom. The highest BCUT2D eigenvalue weighted by molar-refractivity contribution is 7.86. The molecule has 0 fully saturated rings. The topological polar surface area (TPSA) is 60.9 Å². The van der Waals surface area contributed by atoms with Crippen LogP contribution in [0.5, 0.6) is 0 Å². The van der Waals surface area contributed by atoms with Crippen LogP contribution in [0.2, 0.25) is 10.0 Å². The van der Waals surface area contributed by atoms with Crippen molar-refractivity contribution in [3.05, 3.63) is 33.8 Å². The third-order valence-electron chi connectivity index (χ3n) is 2.70. The first kappa shape index (κ1) is 17.7. The summed E-state index contributed by atoms with van der Waals surface area (Å²) in [6.07, 6.45) is 0.369. The highest BCUT2D eigenvalue weighted by atomic mass is 35.5. The molecular formula is C12H18Cl2N2O3S. The van der Waals surface area contributed by atoms with E-state index in [2.05, 4.69) is 0 Å². The van der Waals surface area contributed by atoms with Gasteiger partial charge in [0.25, 0.3) is 10.2 Å². The van der Waals surface area contributed by atoms with E-state index in [1.807, 2.05) is 0 Å². The number of benzene rings is 1. The Kier molecular flexibility index (Phi) is 6.71. The van der Waals surface area contributed by atoms with Crippen LogP contribution in [0.1, 0.15) is 12.0 Å². The molecule has 5 nitrogen and oxygen atoms in total. The largest absolute Gasteiger partial charge is 0.396 e.